The van der Waals surface area contributed by atoms with Gasteiger partial charge in [0.05, 0.1) is 27.7 Å². The number of hydrogen-bond donors (Lipinski definition) is 2. The Kier molecular flexibility index (Phi) is 4.12. The largest absolute Gasteiger partial charge is 0.385 e. The van der Waals surface area contributed by atoms with Crippen LogP contribution < -0.4 is 5.43 Å². The second kappa shape index (κ2) is 5.40. The molecule has 0 spiro atoms. The van der Waals surface area contributed by atoms with E-state index in [0.717, 1.165) is 18.3 Å². The van der Waals surface area contributed by atoms with E-state index in [1.54, 1.807) is 0 Å². The smallest absolute Gasteiger partial charge is 0.301 e. The highest BCUT2D eigenvalue weighted by atomic mass is 16.6. The summed E-state index contributed by atoms with van der Waals surface area (Å²) < 4.78 is 0. The van der Waals surface area contributed by atoms with Crippen molar-refractivity contribution in [1.82, 2.24) is 0 Å². The molecule has 0 radical (unpaired) electrons. The van der Waals surface area contributed by atoms with E-state index in [2.05, 4.69) is 10.5 Å². The second-order valence-electron chi connectivity index (χ2n) is 4.24. The molecule has 9 nitrogen and oxygen atoms in total. The molecule has 0 bridgehead atoms. The van der Waals surface area contributed by atoms with Crippen molar-refractivity contribution in [3.63, 3.8) is 0 Å². The van der Waals surface area contributed by atoms with Crippen LogP contribution in [0.5, 0.6) is 0 Å². The van der Waals surface area contributed by atoms with Crippen LogP contribution in [0.15, 0.2) is 23.3 Å². The number of nitro benzene ring substituents is 2. The first-order chi connectivity index (χ1) is 8.70. The highest BCUT2D eigenvalue weighted by molar-refractivity contribution is 5.70. The summed E-state index contributed by atoms with van der Waals surface area (Å²) in [5.41, 5.74) is 0.325. The van der Waals surface area contributed by atoms with Crippen LogP contribution in [0, 0.1) is 20.2 Å². The number of rotatable bonds is 5. The topological polar surface area (TPSA) is 131 Å². The Morgan fingerprint density at radius 3 is 2.42 bits per heavy atom. The average Bonchev–Trinajstić information content (AvgIpc) is 2.27. The summed E-state index contributed by atoms with van der Waals surface area (Å²) >= 11 is 0. The molecule has 0 aliphatic rings. The van der Waals surface area contributed by atoms with Crippen molar-refractivity contribution in [3.8, 4) is 0 Å². The fraction of sp³-hybridized carbons (Fsp3) is 0.300. The molecular formula is C10H12N4O5. The molecule has 0 saturated heterocycles. The van der Waals surface area contributed by atoms with Gasteiger partial charge in [0.25, 0.3) is 5.69 Å². The summed E-state index contributed by atoms with van der Waals surface area (Å²) in [6, 6.07) is 3.13. The molecule has 0 fully saturated rings. The predicted octanol–water partition coefficient (Wildman–Crippen LogP) is 1.67. The van der Waals surface area contributed by atoms with Crippen molar-refractivity contribution in [3.05, 3.63) is 38.4 Å². The number of nitrogens with zero attached hydrogens (tertiary/aromatic N) is 3. The van der Waals surface area contributed by atoms with E-state index in [-0.39, 0.29) is 11.4 Å². The molecular weight excluding hydrogens is 256 g/mol. The number of nitrogens with one attached hydrogen (secondary N) is 1. The Bertz CT molecular complexity index is 535. The fourth-order valence-corrected chi connectivity index (χ4v) is 1.14. The molecule has 0 atom stereocenters. The number of hydrogen-bond acceptors (Lipinski definition) is 7. The van der Waals surface area contributed by atoms with Gasteiger partial charge < -0.3 is 5.11 Å². The molecule has 1 rings (SSSR count). The van der Waals surface area contributed by atoms with Gasteiger partial charge in [-0.2, -0.15) is 5.10 Å². The van der Waals surface area contributed by atoms with Crippen molar-refractivity contribution in [2.24, 2.45) is 5.10 Å². The van der Waals surface area contributed by atoms with Crippen LogP contribution in [0.1, 0.15) is 13.8 Å². The maximum absolute atomic E-state index is 10.8. The molecule has 0 heterocycles. The van der Waals surface area contributed by atoms with Crippen molar-refractivity contribution >= 4 is 23.3 Å². The standard InChI is InChI=1S/C10H12N4O5/c1-10(2,15)6-11-12-8-4-3-7(13(16)17)5-9(8)14(18)19/h3-6,12,15H,1-2H3. The van der Waals surface area contributed by atoms with E-state index in [1.807, 2.05) is 0 Å². The van der Waals surface area contributed by atoms with Crippen LogP contribution >= 0.6 is 0 Å². The Hall–Kier alpha value is -2.55. The van der Waals surface area contributed by atoms with E-state index in [0.29, 0.717) is 0 Å². The first-order valence-corrected chi connectivity index (χ1v) is 5.16. The summed E-state index contributed by atoms with van der Waals surface area (Å²) in [6.45, 7) is 2.95. The second-order valence-corrected chi connectivity index (χ2v) is 4.24. The maximum Gasteiger partial charge on any atom is 0.301 e. The Morgan fingerprint density at radius 2 is 1.95 bits per heavy atom. The minimum absolute atomic E-state index is 0.00361. The summed E-state index contributed by atoms with van der Waals surface area (Å²) in [5.74, 6) is 0. The molecule has 1 aromatic carbocycles. The highest BCUT2D eigenvalue weighted by Crippen LogP contribution is 2.28. The quantitative estimate of drug-likeness (QED) is 0.474. The van der Waals surface area contributed by atoms with E-state index in [1.165, 1.54) is 19.9 Å². The van der Waals surface area contributed by atoms with Gasteiger partial charge in [-0.3, -0.25) is 25.7 Å². The first kappa shape index (κ1) is 14.5. The third-order valence-electron chi connectivity index (χ3n) is 1.95. The van der Waals surface area contributed by atoms with Crippen molar-refractivity contribution < 1.29 is 15.0 Å². The monoisotopic (exact) mass is 268 g/mol. The lowest BCUT2D eigenvalue weighted by molar-refractivity contribution is -0.393. The van der Waals surface area contributed by atoms with Crippen molar-refractivity contribution in [1.29, 1.82) is 0 Å². The number of non-ortho nitro benzene ring substituents is 1. The summed E-state index contributed by atoms with van der Waals surface area (Å²) in [6.07, 6.45) is 1.15. The molecule has 1 aromatic rings. The summed E-state index contributed by atoms with van der Waals surface area (Å²) in [4.78, 5) is 19.9. The van der Waals surface area contributed by atoms with Crippen LogP contribution in [-0.2, 0) is 0 Å². The first-order valence-electron chi connectivity index (χ1n) is 5.16. The Labute approximate surface area is 107 Å². The molecule has 0 aromatic heterocycles. The molecule has 0 amide bonds. The zero-order valence-electron chi connectivity index (χ0n) is 10.2. The number of aliphatic hydroxyl groups is 1. The van der Waals surface area contributed by atoms with Gasteiger partial charge in [-0.15, -0.1) is 0 Å². The zero-order chi connectivity index (χ0) is 14.6. The molecule has 102 valence electrons. The molecule has 0 aliphatic carbocycles. The number of hydrazone groups is 1. The lowest BCUT2D eigenvalue weighted by atomic mass is 10.2. The van der Waals surface area contributed by atoms with Gasteiger partial charge in [0.1, 0.15) is 5.69 Å². The van der Waals surface area contributed by atoms with E-state index < -0.39 is 21.1 Å². The van der Waals surface area contributed by atoms with E-state index in [4.69, 9.17) is 0 Å². The highest BCUT2D eigenvalue weighted by Gasteiger charge is 2.19. The van der Waals surface area contributed by atoms with E-state index in [9.17, 15) is 25.3 Å². The summed E-state index contributed by atoms with van der Waals surface area (Å²) in [7, 11) is 0. The molecule has 0 aliphatic heterocycles. The third-order valence-corrected chi connectivity index (χ3v) is 1.95. The van der Waals surface area contributed by atoms with Gasteiger partial charge in [0.15, 0.2) is 0 Å². The minimum atomic E-state index is -1.18. The predicted molar refractivity (Wildman–Crippen MR) is 68.2 cm³/mol. The van der Waals surface area contributed by atoms with Crippen molar-refractivity contribution in [2.75, 3.05) is 5.43 Å². The van der Waals surface area contributed by atoms with Gasteiger partial charge >= 0.3 is 5.69 Å². The SMILES string of the molecule is CC(C)(O)C=NNc1ccc([N+](=O)[O-])cc1[N+](=O)[O-]. The van der Waals surface area contributed by atoms with Crippen LogP contribution in [-0.4, -0.2) is 26.8 Å². The number of nitro groups is 2. The molecule has 0 unspecified atom stereocenters. The maximum atomic E-state index is 10.8. The molecule has 2 N–H and O–H groups in total. The van der Waals surface area contributed by atoms with Gasteiger partial charge in [0.2, 0.25) is 0 Å². The van der Waals surface area contributed by atoms with Crippen LogP contribution in [0.2, 0.25) is 0 Å². The summed E-state index contributed by atoms with van der Waals surface area (Å²) in [5, 5.41) is 34.3. The zero-order valence-corrected chi connectivity index (χ0v) is 10.2. The fourth-order valence-electron chi connectivity index (χ4n) is 1.14. The van der Waals surface area contributed by atoms with E-state index >= 15 is 0 Å². The molecule has 19 heavy (non-hydrogen) atoms. The minimum Gasteiger partial charge on any atom is -0.385 e. The van der Waals surface area contributed by atoms with Crippen LogP contribution in [0.4, 0.5) is 17.1 Å². The Morgan fingerprint density at radius 1 is 1.32 bits per heavy atom. The molecule has 0 saturated carbocycles. The van der Waals surface area contributed by atoms with Gasteiger partial charge in [-0.25, -0.2) is 0 Å². The normalized spacial score (nSPS) is 11.5. The van der Waals surface area contributed by atoms with Gasteiger partial charge in [-0.1, -0.05) is 0 Å². The number of anilines is 1. The van der Waals surface area contributed by atoms with Crippen molar-refractivity contribution in [2.45, 2.75) is 19.4 Å². The molecule has 9 heteroatoms. The number of benzene rings is 1. The van der Waals surface area contributed by atoms with Gasteiger partial charge in [0, 0.05) is 6.07 Å². The van der Waals surface area contributed by atoms with Gasteiger partial charge in [-0.05, 0) is 19.9 Å². The third kappa shape index (κ3) is 4.32. The van der Waals surface area contributed by atoms with Crippen LogP contribution in [0.3, 0.4) is 0 Å². The Balaban J connectivity index is 3.04. The lowest BCUT2D eigenvalue weighted by Gasteiger charge is -2.09. The van der Waals surface area contributed by atoms with Crippen LogP contribution in [0.25, 0.3) is 0 Å². The average molecular weight is 268 g/mol. The lowest BCUT2D eigenvalue weighted by Crippen LogP contribution is -2.20.